The van der Waals surface area contributed by atoms with E-state index in [1.807, 2.05) is 37.6 Å². The van der Waals surface area contributed by atoms with Crippen molar-refractivity contribution in [1.29, 1.82) is 0 Å². The molecule has 233 valence electrons. The summed E-state index contributed by atoms with van der Waals surface area (Å²) in [7, 11) is 0. The summed E-state index contributed by atoms with van der Waals surface area (Å²) in [6.45, 7) is 10.5. The second kappa shape index (κ2) is 13.4. The zero-order chi connectivity index (χ0) is 31.8. The molecule has 4 aromatic carbocycles. The third-order valence-electron chi connectivity index (χ3n) is 8.61. The van der Waals surface area contributed by atoms with E-state index in [0.717, 1.165) is 55.5 Å². The second-order valence-electron chi connectivity index (χ2n) is 11.9. The van der Waals surface area contributed by atoms with Gasteiger partial charge in [0, 0.05) is 56.2 Å². The van der Waals surface area contributed by atoms with Crippen LogP contribution in [0.25, 0.3) is 66.3 Å². The molecule has 0 saturated heterocycles. The van der Waals surface area contributed by atoms with Gasteiger partial charge in [0.05, 0.1) is 5.58 Å². The molecule has 1 radical (unpaired) electrons. The standard InChI is InChI=1S/C27H17N2O.C15H16N.Ir/c1-17-12-24-23(14-22-9-11-30-27(22)26(24)29-16-17)25-15-21(8-10-28-25)20-7-6-18-4-2-3-5-19(18)13-20;1-10-5-6-14(7-11(10)2)15-8-12(3)13(4)9-16-15;/h2-13,15-16H,1H3;5,7-9H,1-4H3;/q2*-1;. The maximum absolute atomic E-state index is 5.68. The molecular formula is C42H33IrN3O-2. The Balaban J connectivity index is 0.000000194. The average Bonchev–Trinajstić information content (AvgIpc) is 3.56. The topological polar surface area (TPSA) is 51.8 Å². The minimum absolute atomic E-state index is 0. The summed E-state index contributed by atoms with van der Waals surface area (Å²) >= 11 is 0. The molecule has 0 saturated carbocycles. The number of pyridine rings is 3. The number of hydrogen-bond donors (Lipinski definition) is 0. The van der Waals surface area contributed by atoms with Crippen molar-refractivity contribution in [2.24, 2.45) is 0 Å². The summed E-state index contributed by atoms with van der Waals surface area (Å²) < 4.78 is 5.68. The Morgan fingerprint density at radius 2 is 1.43 bits per heavy atom. The fraction of sp³-hybridized carbons (Fsp3) is 0.119. The number of furan rings is 1. The van der Waals surface area contributed by atoms with Gasteiger partial charge in [0.1, 0.15) is 0 Å². The van der Waals surface area contributed by atoms with Crippen molar-refractivity contribution < 1.29 is 24.5 Å². The van der Waals surface area contributed by atoms with E-state index in [0.29, 0.717) is 0 Å². The molecule has 0 aliphatic rings. The Morgan fingerprint density at radius 3 is 2.23 bits per heavy atom. The molecule has 4 nitrogen and oxygen atoms in total. The van der Waals surface area contributed by atoms with Crippen molar-refractivity contribution in [2.75, 3.05) is 0 Å². The van der Waals surface area contributed by atoms with E-state index in [1.165, 1.54) is 38.6 Å². The molecule has 8 aromatic rings. The number of aryl methyl sites for hydroxylation is 5. The van der Waals surface area contributed by atoms with Crippen LogP contribution >= 0.6 is 0 Å². The van der Waals surface area contributed by atoms with Gasteiger partial charge in [-0.05, 0) is 71.6 Å². The molecule has 4 aromatic heterocycles. The summed E-state index contributed by atoms with van der Waals surface area (Å²) in [5.74, 6) is 0. The third kappa shape index (κ3) is 6.51. The SMILES string of the molecule is Cc1c[c-]c(-c2cc(C)c(C)cn2)cc1C.Cc1cnc2c(c1)c(-c1cc(-c3ccc4ccccc4c3)ccn1)[c-]c1ccoc12.[Ir]. The van der Waals surface area contributed by atoms with Gasteiger partial charge in [-0.2, -0.15) is 0 Å². The number of rotatable bonds is 3. The van der Waals surface area contributed by atoms with Crippen molar-refractivity contribution in [2.45, 2.75) is 34.6 Å². The van der Waals surface area contributed by atoms with Gasteiger partial charge < -0.3 is 9.40 Å². The number of hydrogen-bond acceptors (Lipinski definition) is 4. The minimum Gasteiger partial charge on any atom is -0.506 e. The molecule has 0 bridgehead atoms. The summed E-state index contributed by atoms with van der Waals surface area (Å²) in [4.78, 5) is 13.8. The number of benzene rings is 4. The van der Waals surface area contributed by atoms with Gasteiger partial charge in [0.15, 0.2) is 0 Å². The minimum atomic E-state index is 0. The van der Waals surface area contributed by atoms with Crippen molar-refractivity contribution in [3.05, 3.63) is 150 Å². The van der Waals surface area contributed by atoms with E-state index in [4.69, 9.17) is 4.42 Å². The van der Waals surface area contributed by atoms with Gasteiger partial charge >= 0.3 is 0 Å². The largest absolute Gasteiger partial charge is 0.506 e. The van der Waals surface area contributed by atoms with E-state index >= 15 is 0 Å². The van der Waals surface area contributed by atoms with E-state index in [2.05, 4.69) is 128 Å². The Bertz CT molecular complexity index is 2340. The van der Waals surface area contributed by atoms with Crippen LogP contribution < -0.4 is 0 Å². The first-order valence-corrected chi connectivity index (χ1v) is 15.4. The van der Waals surface area contributed by atoms with Crippen molar-refractivity contribution in [3.63, 3.8) is 0 Å². The molecule has 0 amide bonds. The smallest absolute Gasteiger partial charge is 0.0847 e. The van der Waals surface area contributed by atoms with Gasteiger partial charge in [-0.15, -0.1) is 41.0 Å². The maximum Gasteiger partial charge on any atom is 0.0847 e. The Labute approximate surface area is 288 Å². The van der Waals surface area contributed by atoms with Gasteiger partial charge in [-0.25, -0.2) is 0 Å². The summed E-state index contributed by atoms with van der Waals surface area (Å²) in [5.41, 5.74) is 13.9. The van der Waals surface area contributed by atoms with Crippen molar-refractivity contribution >= 4 is 32.6 Å². The first kappa shape index (κ1) is 32.0. The second-order valence-corrected chi connectivity index (χ2v) is 11.9. The fourth-order valence-corrected chi connectivity index (χ4v) is 5.64. The molecule has 0 fully saturated rings. The molecule has 0 unspecified atom stereocenters. The molecule has 0 spiro atoms. The van der Waals surface area contributed by atoms with Gasteiger partial charge in [-0.3, -0.25) is 9.97 Å². The first-order valence-electron chi connectivity index (χ1n) is 15.4. The third-order valence-corrected chi connectivity index (χ3v) is 8.61. The van der Waals surface area contributed by atoms with E-state index < -0.39 is 0 Å². The van der Waals surface area contributed by atoms with Gasteiger partial charge in [0.2, 0.25) is 0 Å². The van der Waals surface area contributed by atoms with Crippen molar-refractivity contribution in [1.82, 2.24) is 15.0 Å². The van der Waals surface area contributed by atoms with Crippen LogP contribution in [0.1, 0.15) is 27.8 Å². The zero-order valence-electron chi connectivity index (χ0n) is 27.0. The Hall–Kier alpha value is -4.96. The Kier molecular flexibility index (Phi) is 9.13. The van der Waals surface area contributed by atoms with Gasteiger partial charge in [0.25, 0.3) is 0 Å². The first-order chi connectivity index (χ1) is 22.3. The predicted molar refractivity (Wildman–Crippen MR) is 189 cm³/mol. The zero-order valence-corrected chi connectivity index (χ0v) is 29.4. The van der Waals surface area contributed by atoms with E-state index in [-0.39, 0.29) is 20.1 Å². The van der Waals surface area contributed by atoms with Crippen LogP contribution in [-0.2, 0) is 20.1 Å². The molecule has 0 aliphatic heterocycles. The summed E-state index contributed by atoms with van der Waals surface area (Å²) in [6, 6.07) is 36.3. The van der Waals surface area contributed by atoms with Crippen LogP contribution in [0.2, 0.25) is 0 Å². The average molecular weight is 788 g/mol. The normalized spacial score (nSPS) is 10.9. The molecular weight excluding hydrogens is 755 g/mol. The molecule has 0 atom stereocenters. The number of fused-ring (bicyclic) bond motifs is 4. The van der Waals surface area contributed by atoms with E-state index in [1.54, 1.807) is 6.26 Å². The summed E-state index contributed by atoms with van der Waals surface area (Å²) in [5, 5.41) is 4.37. The molecule has 5 heteroatoms. The molecule has 0 N–H and O–H groups in total. The van der Waals surface area contributed by atoms with Crippen LogP contribution in [0.4, 0.5) is 0 Å². The monoisotopic (exact) mass is 788 g/mol. The number of aromatic nitrogens is 3. The summed E-state index contributed by atoms with van der Waals surface area (Å²) in [6.07, 6.45) is 7.34. The molecule has 4 heterocycles. The van der Waals surface area contributed by atoms with Crippen LogP contribution in [0.15, 0.2) is 114 Å². The van der Waals surface area contributed by atoms with Crippen LogP contribution in [-0.4, -0.2) is 15.0 Å². The number of nitrogens with zero attached hydrogens (tertiary/aromatic N) is 3. The Morgan fingerprint density at radius 1 is 0.638 bits per heavy atom. The molecule has 47 heavy (non-hydrogen) atoms. The molecule has 8 rings (SSSR count). The van der Waals surface area contributed by atoms with Crippen LogP contribution in [0, 0.1) is 46.8 Å². The van der Waals surface area contributed by atoms with Crippen LogP contribution in [0.3, 0.4) is 0 Å². The predicted octanol–water partition coefficient (Wildman–Crippen LogP) is 10.8. The maximum atomic E-state index is 5.68. The van der Waals surface area contributed by atoms with Crippen LogP contribution in [0.5, 0.6) is 0 Å². The quantitative estimate of drug-likeness (QED) is 0.167. The van der Waals surface area contributed by atoms with Crippen molar-refractivity contribution in [3.8, 4) is 33.6 Å². The van der Waals surface area contributed by atoms with Gasteiger partial charge in [-0.1, -0.05) is 96.4 Å². The van der Waals surface area contributed by atoms with E-state index in [9.17, 15) is 0 Å². The fourth-order valence-electron chi connectivity index (χ4n) is 5.64. The molecule has 0 aliphatic carbocycles.